The Balaban J connectivity index is 1.50. The molecule has 17 heavy (non-hydrogen) atoms. The van der Waals surface area contributed by atoms with Gasteiger partial charge >= 0.3 is 0 Å². The zero-order valence-corrected chi connectivity index (χ0v) is 11.0. The lowest BCUT2D eigenvalue weighted by atomic mass is 9.88. The third-order valence-electron chi connectivity index (χ3n) is 5.17. The molecule has 0 spiro atoms. The number of rotatable bonds is 6. The number of fused-ring (bicyclic) bond motifs is 1. The van der Waals surface area contributed by atoms with Gasteiger partial charge in [0, 0.05) is 24.7 Å². The lowest BCUT2D eigenvalue weighted by molar-refractivity contribution is 0.228. The van der Waals surface area contributed by atoms with Gasteiger partial charge in [-0.2, -0.15) is 0 Å². The molecule has 0 aromatic carbocycles. The highest BCUT2D eigenvalue weighted by Gasteiger charge is 2.47. The SMILES string of the molecule is NCC1(NCCCC2CC2)CCN2CCCC21. The maximum absolute atomic E-state index is 6.09. The topological polar surface area (TPSA) is 41.3 Å². The Morgan fingerprint density at radius 2 is 2.12 bits per heavy atom. The zero-order chi connectivity index (χ0) is 11.7. The molecule has 0 amide bonds. The molecular weight excluding hydrogens is 210 g/mol. The Bertz CT molecular complexity index is 264. The summed E-state index contributed by atoms with van der Waals surface area (Å²) in [5.74, 6) is 1.07. The molecular formula is C14H27N3. The molecule has 3 aliphatic rings. The third kappa shape index (κ3) is 2.38. The Hall–Kier alpha value is -0.120. The van der Waals surface area contributed by atoms with Crippen molar-refractivity contribution in [3.8, 4) is 0 Å². The molecule has 0 radical (unpaired) electrons. The highest BCUT2D eigenvalue weighted by atomic mass is 15.3. The van der Waals surface area contributed by atoms with Crippen molar-refractivity contribution < 1.29 is 0 Å². The second-order valence-corrected chi connectivity index (χ2v) is 6.32. The fraction of sp³-hybridized carbons (Fsp3) is 1.00. The van der Waals surface area contributed by atoms with E-state index in [9.17, 15) is 0 Å². The highest BCUT2D eigenvalue weighted by Crippen LogP contribution is 2.36. The summed E-state index contributed by atoms with van der Waals surface area (Å²) in [6, 6.07) is 0.730. The van der Waals surface area contributed by atoms with E-state index in [1.54, 1.807) is 0 Å². The lowest BCUT2D eigenvalue weighted by Crippen LogP contribution is -2.58. The van der Waals surface area contributed by atoms with E-state index in [1.807, 2.05) is 0 Å². The van der Waals surface area contributed by atoms with Crippen LogP contribution in [0.4, 0.5) is 0 Å². The molecule has 3 N–H and O–H groups in total. The predicted octanol–water partition coefficient (Wildman–Crippen LogP) is 1.33. The van der Waals surface area contributed by atoms with E-state index in [0.29, 0.717) is 0 Å². The fourth-order valence-electron chi connectivity index (χ4n) is 3.88. The van der Waals surface area contributed by atoms with E-state index >= 15 is 0 Å². The molecule has 3 rings (SSSR count). The second-order valence-electron chi connectivity index (χ2n) is 6.32. The van der Waals surface area contributed by atoms with Crippen molar-refractivity contribution in [2.75, 3.05) is 26.2 Å². The van der Waals surface area contributed by atoms with E-state index < -0.39 is 0 Å². The van der Waals surface area contributed by atoms with Gasteiger partial charge in [0.2, 0.25) is 0 Å². The van der Waals surface area contributed by atoms with E-state index in [-0.39, 0.29) is 5.54 Å². The summed E-state index contributed by atoms with van der Waals surface area (Å²) in [4.78, 5) is 2.65. The zero-order valence-electron chi connectivity index (χ0n) is 11.0. The monoisotopic (exact) mass is 237 g/mol. The van der Waals surface area contributed by atoms with E-state index in [2.05, 4.69) is 10.2 Å². The van der Waals surface area contributed by atoms with Crippen LogP contribution in [0.1, 0.15) is 44.9 Å². The lowest BCUT2D eigenvalue weighted by Gasteiger charge is -2.35. The molecule has 2 unspecified atom stereocenters. The van der Waals surface area contributed by atoms with Gasteiger partial charge in [-0.3, -0.25) is 4.90 Å². The molecule has 2 atom stereocenters. The number of nitrogens with zero attached hydrogens (tertiary/aromatic N) is 1. The van der Waals surface area contributed by atoms with Crippen LogP contribution in [0.3, 0.4) is 0 Å². The highest BCUT2D eigenvalue weighted by molar-refractivity contribution is 5.08. The van der Waals surface area contributed by atoms with Crippen molar-refractivity contribution in [2.24, 2.45) is 11.7 Å². The van der Waals surface area contributed by atoms with Gasteiger partial charge in [0.15, 0.2) is 0 Å². The molecule has 0 aromatic heterocycles. The van der Waals surface area contributed by atoms with Crippen LogP contribution in [0.15, 0.2) is 0 Å². The Kier molecular flexibility index (Phi) is 3.42. The molecule has 0 aromatic rings. The molecule has 1 aliphatic carbocycles. The Morgan fingerprint density at radius 1 is 1.24 bits per heavy atom. The first-order valence-corrected chi connectivity index (χ1v) is 7.53. The summed E-state index contributed by atoms with van der Waals surface area (Å²) in [5.41, 5.74) is 6.34. The van der Waals surface area contributed by atoms with Crippen molar-refractivity contribution in [1.82, 2.24) is 10.2 Å². The van der Waals surface area contributed by atoms with Crippen LogP contribution in [0, 0.1) is 5.92 Å². The molecule has 0 bridgehead atoms. The van der Waals surface area contributed by atoms with Crippen molar-refractivity contribution in [2.45, 2.75) is 56.5 Å². The smallest absolute Gasteiger partial charge is 0.0473 e. The van der Waals surface area contributed by atoms with Crippen molar-refractivity contribution in [3.05, 3.63) is 0 Å². The first-order valence-electron chi connectivity index (χ1n) is 7.53. The standard InChI is InChI=1S/C14H27N3/c15-11-14(16-8-1-3-12-5-6-12)7-10-17-9-2-4-13(14)17/h12-13,16H,1-11,15H2. The first-order chi connectivity index (χ1) is 8.34. The average Bonchev–Trinajstić information content (AvgIpc) is 2.93. The average molecular weight is 237 g/mol. The van der Waals surface area contributed by atoms with Gasteiger partial charge in [-0.15, -0.1) is 0 Å². The van der Waals surface area contributed by atoms with Crippen molar-refractivity contribution in [3.63, 3.8) is 0 Å². The molecule has 2 heterocycles. The minimum Gasteiger partial charge on any atom is -0.329 e. The van der Waals surface area contributed by atoms with Gasteiger partial charge in [0.25, 0.3) is 0 Å². The summed E-state index contributed by atoms with van der Waals surface area (Å²) in [5, 5.41) is 3.83. The van der Waals surface area contributed by atoms with Gasteiger partial charge in [-0.25, -0.2) is 0 Å². The van der Waals surface area contributed by atoms with Gasteiger partial charge in [0.1, 0.15) is 0 Å². The van der Waals surface area contributed by atoms with E-state index in [1.165, 1.54) is 64.6 Å². The van der Waals surface area contributed by atoms with Crippen LogP contribution in [0.5, 0.6) is 0 Å². The molecule has 3 heteroatoms. The summed E-state index contributed by atoms with van der Waals surface area (Å²) in [7, 11) is 0. The van der Waals surface area contributed by atoms with Crippen LogP contribution in [0.25, 0.3) is 0 Å². The van der Waals surface area contributed by atoms with Crippen LogP contribution >= 0.6 is 0 Å². The summed E-state index contributed by atoms with van der Waals surface area (Å²) in [6.45, 7) is 4.56. The molecule has 2 saturated heterocycles. The van der Waals surface area contributed by atoms with Crippen LogP contribution in [0.2, 0.25) is 0 Å². The predicted molar refractivity (Wildman–Crippen MR) is 71.0 cm³/mol. The van der Waals surface area contributed by atoms with Gasteiger partial charge < -0.3 is 11.1 Å². The minimum absolute atomic E-state index is 0.250. The van der Waals surface area contributed by atoms with E-state index in [4.69, 9.17) is 5.73 Å². The number of hydrogen-bond acceptors (Lipinski definition) is 3. The quantitative estimate of drug-likeness (QED) is 0.685. The van der Waals surface area contributed by atoms with Crippen molar-refractivity contribution in [1.29, 1.82) is 0 Å². The van der Waals surface area contributed by atoms with Gasteiger partial charge in [-0.05, 0) is 51.1 Å². The van der Waals surface area contributed by atoms with Crippen LogP contribution in [-0.2, 0) is 0 Å². The summed E-state index contributed by atoms with van der Waals surface area (Å²) >= 11 is 0. The van der Waals surface area contributed by atoms with Gasteiger partial charge in [0.05, 0.1) is 0 Å². The third-order valence-corrected chi connectivity index (χ3v) is 5.17. The minimum atomic E-state index is 0.250. The number of nitrogens with two attached hydrogens (primary N) is 1. The summed E-state index contributed by atoms with van der Waals surface area (Å²) in [6.07, 6.45) is 9.73. The number of hydrogen-bond donors (Lipinski definition) is 2. The molecule has 2 aliphatic heterocycles. The normalized spacial score (nSPS) is 37.6. The van der Waals surface area contributed by atoms with E-state index in [0.717, 1.165) is 18.5 Å². The molecule has 3 nitrogen and oxygen atoms in total. The number of nitrogens with one attached hydrogen (secondary N) is 1. The Labute approximate surface area is 105 Å². The fourth-order valence-corrected chi connectivity index (χ4v) is 3.88. The molecule has 1 saturated carbocycles. The molecule has 98 valence electrons. The van der Waals surface area contributed by atoms with Crippen LogP contribution < -0.4 is 11.1 Å². The first kappa shape index (κ1) is 11.9. The second kappa shape index (κ2) is 4.87. The van der Waals surface area contributed by atoms with Gasteiger partial charge in [-0.1, -0.05) is 12.8 Å². The maximum Gasteiger partial charge on any atom is 0.0473 e. The Morgan fingerprint density at radius 3 is 2.88 bits per heavy atom. The largest absolute Gasteiger partial charge is 0.329 e. The molecule has 3 fully saturated rings. The summed E-state index contributed by atoms with van der Waals surface area (Å²) < 4.78 is 0. The van der Waals surface area contributed by atoms with Crippen LogP contribution in [-0.4, -0.2) is 42.7 Å². The van der Waals surface area contributed by atoms with Crippen molar-refractivity contribution >= 4 is 0 Å². The maximum atomic E-state index is 6.09.